The minimum Gasteiger partial charge on any atom is -0.120 e. The predicted molar refractivity (Wildman–Crippen MR) is 116 cm³/mol. The number of halogens is 12. The van der Waals surface area contributed by atoms with Crippen molar-refractivity contribution in [2.24, 2.45) is 0 Å². The van der Waals surface area contributed by atoms with Gasteiger partial charge in [-0.05, 0) is 0 Å². The van der Waals surface area contributed by atoms with Crippen molar-refractivity contribution in [3.05, 3.63) is 0 Å². The zero-order valence-corrected chi connectivity index (χ0v) is 20.5. The summed E-state index contributed by atoms with van der Waals surface area (Å²) in [5.41, 5.74) is 0. The first kappa shape index (κ1) is 25.5. The summed E-state index contributed by atoms with van der Waals surface area (Å²) in [4.78, 5) is 0. The summed E-state index contributed by atoms with van der Waals surface area (Å²) in [6, 6.07) is 0. The van der Waals surface area contributed by atoms with Crippen LogP contribution in [0.1, 0.15) is 0 Å². The Bertz CT molecular complexity index is 243. The molecule has 2 saturated carbocycles. The van der Waals surface area contributed by atoms with Crippen LogP contribution in [0.2, 0.25) is 0 Å². The molecule has 0 unspecified atom stereocenters. The number of hydrogen-bond donors (Lipinski definition) is 0. The quantitative estimate of drug-likeness (QED) is 0.264. The van der Waals surface area contributed by atoms with Gasteiger partial charge in [0.05, 0.1) is 64.5 Å². The van der Waals surface area contributed by atoms with Gasteiger partial charge in [0.2, 0.25) is 0 Å². The van der Waals surface area contributed by atoms with E-state index in [1.165, 1.54) is 0 Å². The van der Waals surface area contributed by atoms with Crippen molar-refractivity contribution < 1.29 is 0 Å². The highest BCUT2D eigenvalue weighted by atomic mass is 35.5. The minimum atomic E-state index is -0.437. The molecule has 0 saturated heterocycles. The zero-order valence-electron chi connectivity index (χ0n) is 11.5. The fraction of sp³-hybridized carbons (Fsp3) is 1.00. The Hall–Kier alpha value is 3.48. The summed E-state index contributed by atoms with van der Waals surface area (Å²) < 4.78 is 0. The Morgan fingerprint density at radius 2 is 0.208 bits per heavy atom. The van der Waals surface area contributed by atoms with Gasteiger partial charge in [-0.15, -0.1) is 139 Å². The van der Waals surface area contributed by atoms with E-state index in [1.54, 1.807) is 0 Å². The maximum absolute atomic E-state index is 5.88. The summed E-state index contributed by atoms with van der Waals surface area (Å²) in [7, 11) is 0. The normalized spacial score (nSPS) is 55.5. The lowest BCUT2D eigenvalue weighted by Gasteiger charge is -2.37. The molecular formula is C12H12Cl12. The van der Waals surface area contributed by atoms with Gasteiger partial charge < -0.3 is 0 Å². The molecule has 2 rings (SSSR count). The van der Waals surface area contributed by atoms with Gasteiger partial charge in [0, 0.05) is 0 Å². The molecule has 0 atom stereocenters. The average Bonchev–Trinajstić information content (AvgIpc) is 2.58. The van der Waals surface area contributed by atoms with Crippen LogP contribution in [0.5, 0.6) is 0 Å². The van der Waals surface area contributed by atoms with E-state index in [4.69, 9.17) is 139 Å². The fourth-order valence-electron chi connectivity index (χ4n) is 2.11. The SMILES string of the molecule is Cl[C@H]1[C@H](Cl)[C@@H](Cl)[C@@H](Cl)[C@H](Cl)[C@H]1Cl.Cl[C@H]1[C@H](Cl)[C@H](Cl)[C@@H](Cl)[C@H](Cl)[C@H]1Cl. The van der Waals surface area contributed by atoms with Gasteiger partial charge in [-0.3, -0.25) is 0 Å². The zero-order chi connectivity index (χ0) is 18.9. The smallest absolute Gasteiger partial charge is 0.0693 e. The topological polar surface area (TPSA) is 0 Å². The summed E-state index contributed by atoms with van der Waals surface area (Å²) >= 11 is 70.6. The highest BCUT2D eigenvalue weighted by Gasteiger charge is 2.47. The van der Waals surface area contributed by atoms with Crippen LogP contribution in [0, 0.1) is 0 Å². The molecule has 12 heteroatoms. The molecule has 2 fully saturated rings. The molecule has 0 aromatic heterocycles. The second kappa shape index (κ2) is 11.0. The third-order valence-corrected chi connectivity index (χ3v) is 11.7. The van der Waals surface area contributed by atoms with Crippen molar-refractivity contribution in [1.29, 1.82) is 0 Å². The van der Waals surface area contributed by atoms with E-state index in [1.807, 2.05) is 0 Å². The lowest BCUT2D eigenvalue weighted by molar-refractivity contribution is 0.544. The summed E-state index contributed by atoms with van der Waals surface area (Å²) in [5, 5.41) is -5.24. The first-order valence-electron chi connectivity index (χ1n) is 6.62. The van der Waals surface area contributed by atoms with Crippen LogP contribution in [0.15, 0.2) is 0 Å². The molecular weight excluding hydrogens is 570 g/mol. The van der Waals surface area contributed by atoms with Gasteiger partial charge in [-0.2, -0.15) is 0 Å². The first-order valence-corrected chi connectivity index (χ1v) is 11.9. The van der Waals surface area contributed by atoms with E-state index in [0.29, 0.717) is 0 Å². The molecule has 0 bridgehead atoms. The lowest BCUT2D eigenvalue weighted by atomic mass is 9.97. The number of hydrogen-bond acceptors (Lipinski definition) is 0. The molecule has 0 radical (unpaired) electrons. The molecule has 0 aliphatic heterocycles. The molecule has 0 spiro atoms. The first-order chi connectivity index (χ1) is 10.9. The van der Waals surface area contributed by atoms with Crippen LogP contribution in [-0.2, 0) is 0 Å². The molecule has 0 amide bonds. The minimum absolute atomic E-state index is 0.437. The van der Waals surface area contributed by atoms with Gasteiger partial charge in [0.25, 0.3) is 0 Å². The third-order valence-electron chi connectivity index (χ3n) is 3.65. The molecule has 0 aromatic rings. The van der Waals surface area contributed by atoms with Crippen LogP contribution in [0.25, 0.3) is 0 Å². The molecule has 0 heterocycles. The lowest BCUT2D eigenvalue weighted by Crippen LogP contribution is -2.52. The fourth-order valence-corrected chi connectivity index (χ4v) is 6.76. The maximum Gasteiger partial charge on any atom is 0.0693 e. The Morgan fingerprint density at radius 1 is 0.167 bits per heavy atom. The maximum atomic E-state index is 5.88. The van der Waals surface area contributed by atoms with Crippen molar-refractivity contribution in [2.75, 3.05) is 0 Å². The van der Waals surface area contributed by atoms with Crippen LogP contribution >= 0.6 is 139 Å². The molecule has 24 heavy (non-hydrogen) atoms. The summed E-state index contributed by atoms with van der Waals surface area (Å²) in [6.45, 7) is 0. The van der Waals surface area contributed by atoms with Gasteiger partial charge in [0.15, 0.2) is 0 Å². The number of rotatable bonds is 0. The van der Waals surface area contributed by atoms with Crippen molar-refractivity contribution in [3.63, 3.8) is 0 Å². The summed E-state index contributed by atoms with van der Waals surface area (Å²) in [5.74, 6) is 0. The highest BCUT2D eigenvalue weighted by molar-refractivity contribution is 6.46. The van der Waals surface area contributed by atoms with Crippen molar-refractivity contribution in [3.8, 4) is 0 Å². The second-order valence-corrected chi connectivity index (χ2v) is 11.4. The van der Waals surface area contributed by atoms with Crippen molar-refractivity contribution >= 4 is 139 Å². The Morgan fingerprint density at radius 3 is 0.250 bits per heavy atom. The Kier molecular flexibility index (Phi) is 11.7. The molecule has 2 aliphatic rings. The standard InChI is InChI=1S/2C6H6Cl6/c2*7-1-2(8)4(10)6(12)5(11)3(1)9/h2*1-6H/t1-,2-,3-,4+,5+,6+;1-,2-,3-,4-,5+,6+/m.0/s1. The van der Waals surface area contributed by atoms with E-state index in [9.17, 15) is 0 Å². The predicted octanol–water partition coefficient (Wildman–Crippen LogP) is 7.29. The second-order valence-electron chi connectivity index (χ2n) is 5.33. The van der Waals surface area contributed by atoms with Crippen LogP contribution in [0.3, 0.4) is 0 Å². The van der Waals surface area contributed by atoms with Crippen molar-refractivity contribution in [1.82, 2.24) is 0 Å². The van der Waals surface area contributed by atoms with Gasteiger partial charge in [-0.1, -0.05) is 0 Å². The van der Waals surface area contributed by atoms with Gasteiger partial charge in [0.1, 0.15) is 0 Å². The van der Waals surface area contributed by atoms with E-state index >= 15 is 0 Å². The molecule has 0 N–H and O–H groups in total. The average molecular weight is 582 g/mol. The Balaban J connectivity index is 0.000000240. The van der Waals surface area contributed by atoms with Crippen molar-refractivity contribution in [2.45, 2.75) is 64.5 Å². The Labute approximate surface area is 201 Å². The third kappa shape index (κ3) is 5.76. The molecule has 0 aromatic carbocycles. The highest BCUT2D eigenvalue weighted by Crippen LogP contribution is 2.40. The molecule has 0 nitrogen and oxygen atoms in total. The molecule has 2 aliphatic carbocycles. The summed E-state index contributed by atoms with van der Waals surface area (Å²) in [6.07, 6.45) is 0. The largest absolute Gasteiger partial charge is 0.120 e. The van der Waals surface area contributed by atoms with Crippen LogP contribution < -0.4 is 0 Å². The van der Waals surface area contributed by atoms with Crippen LogP contribution in [-0.4, -0.2) is 64.5 Å². The van der Waals surface area contributed by atoms with Gasteiger partial charge >= 0.3 is 0 Å². The monoisotopic (exact) mass is 576 g/mol. The number of alkyl halides is 12. The van der Waals surface area contributed by atoms with Gasteiger partial charge in [-0.25, -0.2) is 0 Å². The van der Waals surface area contributed by atoms with E-state index < -0.39 is 64.5 Å². The van der Waals surface area contributed by atoms with E-state index in [2.05, 4.69) is 0 Å². The van der Waals surface area contributed by atoms with E-state index in [-0.39, 0.29) is 0 Å². The van der Waals surface area contributed by atoms with E-state index in [0.717, 1.165) is 0 Å². The molecule has 144 valence electrons. The van der Waals surface area contributed by atoms with Crippen LogP contribution in [0.4, 0.5) is 0 Å².